The average Bonchev–Trinajstić information content (AvgIpc) is 2.34. The number of carbonyl (C=O) groups is 1. The molecule has 0 fully saturated rings. The molecule has 1 aromatic carbocycles. The summed E-state index contributed by atoms with van der Waals surface area (Å²) in [6, 6.07) is 3.87. The van der Waals surface area contributed by atoms with Crippen molar-refractivity contribution in [2.45, 2.75) is 13.0 Å². The number of aromatic hydroxyl groups is 1. The van der Waals surface area contributed by atoms with Gasteiger partial charge in [0, 0.05) is 39.2 Å². The highest BCUT2D eigenvalue weighted by Crippen LogP contribution is 2.14. The zero-order chi connectivity index (χ0) is 14.1. The maximum absolute atomic E-state index is 13.0. The molecule has 5 nitrogen and oxygen atoms in total. The topological polar surface area (TPSA) is 70.6 Å². The first-order chi connectivity index (χ1) is 9.11. The fourth-order valence-electron chi connectivity index (χ4n) is 1.55. The van der Waals surface area contributed by atoms with Crippen molar-refractivity contribution in [1.29, 1.82) is 0 Å². The standard InChI is InChI=1S/C13H19FN2O3/c1-19-5-4-16-13(18)2-3-15-9-10-6-11(14)8-12(17)7-10/h6-8,15,17H,2-5,9H2,1H3,(H,16,18). The van der Waals surface area contributed by atoms with Gasteiger partial charge in [-0.3, -0.25) is 4.79 Å². The molecule has 6 heteroatoms. The molecule has 0 saturated heterocycles. The summed E-state index contributed by atoms with van der Waals surface area (Å²) in [6.07, 6.45) is 0.338. The Labute approximate surface area is 111 Å². The van der Waals surface area contributed by atoms with Gasteiger partial charge in [0.1, 0.15) is 11.6 Å². The molecule has 1 rings (SSSR count). The highest BCUT2D eigenvalue weighted by Gasteiger charge is 2.02. The third-order valence-electron chi connectivity index (χ3n) is 2.43. The van der Waals surface area contributed by atoms with E-state index in [9.17, 15) is 14.3 Å². The van der Waals surface area contributed by atoms with Gasteiger partial charge >= 0.3 is 0 Å². The fourth-order valence-corrected chi connectivity index (χ4v) is 1.55. The van der Waals surface area contributed by atoms with Crippen molar-refractivity contribution in [3.8, 4) is 5.75 Å². The van der Waals surface area contributed by atoms with Crippen molar-refractivity contribution < 1.29 is 19.0 Å². The van der Waals surface area contributed by atoms with Gasteiger partial charge in [-0.1, -0.05) is 0 Å². The first-order valence-electron chi connectivity index (χ1n) is 6.06. The minimum Gasteiger partial charge on any atom is -0.508 e. The van der Waals surface area contributed by atoms with Crippen molar-refractivity contribution in [3.63, 3.8) is 0 Å². The van der Waals surface area contributed by atoms with Gasteiger partial charge < -0.3 is 20.5 Å². The molecule has 0 aliphatic heterocycles. The Balaban J connectivity index is 2.18. The van der Waals surface area contributed by atoms with E-state index >= 15 is 0 Å². The maximum Gasteiger partial charge on any atom is 0.221 e. The molecule has 3 N–H and O–H groups in total. The molecule has 0 radical (unpaired) electrons. The van der Waals surface area contributed by atoms with Crippen LogP contribution in [0.25, 0.3) is 0 Å². The summed E-state index contributed by atoms with van der Waals surface area (Å²) in [5.74, 6) is -0.644. The van der Waals surface area contributed by atoms with Crippen molar-refractivity contribution in [1.82, 2.24) is 10.6 Å². The SMILES string of the molecule is COCCNC(=O)CCNCc1cc(O)cc(F)c1. The number of benzene rings is 1. The van der Waals surface area contributed by atoms with Crippen LogP contribution in [0.5, 0.6) is 5.75 Å². The first-order valence-corrected chi connectivity index (χ1v) is 6.06. The zero-order valence-electron chi connectivity index (χ0n) is 10.9. The quantitative estimate of drug-likeness (QED) is 0.610. The number of ether oxygens (including phenoxy) is 1. The normalized spacial score (nSPS) is 10.4. The number of halogens is 1. The van der Waals surface area contributed by atoms with Gasteiger partial charge in [0.15, 0.2) is 0 Å². The number of amides is 1. The third kappa shape index (κ3) is 6.73. The summed E-state index contributed by atoms with van der Waals surface area (Å²) in [6.45, 7) is 1.86. The number of nitrogens with one attached hydrogen (secondary N) is 2. The molecule has 0 aliphatic carbocycles. The Morgan fingerprint density at radius 3 is 2.84 bits per heavy atom. The smallest absolute Gasteiger partial charge is 0.221 e. The van der Waals surface area contributed by atoms with Crippen LogP contribution < -0.4 is 10.6 Å². The molecular formula is C13H19FN2O3. The second-order valence-corrected chi connectivity index (χ2v) is 4.09. The van der Waals surface area contributed by atoms with Crippen LogP contribution in [-0.4, -0.2) is 37.8 Å². The van der Waals surface area contributed by atoms with Gasteiger partial charge in [0.25, 0.3) is 0 Å². The summed E-state index contributed by atoms with van der Waals surface area (Å²) in [7, 11) is 1.57. The molecule has 0 aliphatic rings. The molecule has 1 amide bonds. The largest absolute Gasteiger partial charge is 0.508 e. The van der Waals surface area contributed by atoms with Crippen LogP contribution in [0.3, 0.4) is 0 Å². The number of phenols is 1. The summed E-state index contributed by atoms with van der Waals surface area (Å²) in [4.78, 5) is 11.3. The van der Waals surface area contributed by atoms with Gasteiger partial charge in [-0.05, 0) is 17.7 Å². The van der Waals surface area contributed by atoms with E-state index in [-0.39, 0.29) is 11.7 Å². The van der Waals surface area contributed by atoms with Crippen molar-refractivity contribution in [3.05, 3.63) is 29.6 Å². The molecule has 1 aromatic rings. The summed E-state index contributed by atoms with van der Waals surface area (Å²) in [5, 5.41) is 14.9. The van der Waals surface area contributed by atoms with Crippen LogP contribution in [0.4, 0.5) is 4.39 Å². The van der Waals surface area contributed by atoms with Gasteiger partial charge in [0.2, 0.25) is 5.91 Å². The Bertz CT molecular complexity index is 393. The lowest BCUT2D eigenvalue weighted by atomic mass is 10.2. The Morgan fingerprint density at radius 2 is 2.16 bits per heavy atom. The average molecular weight is 270 g/mol. The Kier molecular flexibility index (Phi) is 6.84. The monoisotopic (exact) mass is 270 g/mol. The lowest BCUT2D eigenvalue weighted by Crippen LogP contribution is -2.29. The molecule has 0 unspecified atom stereocenters. The fraction of sp³-hybridized carbons (Fsp3) is 0.462. The van der Waals surface area contributed by atoms with Crippen molar-refractivity contribution >= 4 is 5.91 Å². The number of phenolic OH excluding ortho intramolecular Hbond substituents is 1. The van der Waals surface area contributed by atoms with Crippen LogP contribution in [0, 0.1) is 5.82 Å². The summed E-state index contributed by atoms with van der Waals surface area (Å²) < 4.78 is 17.8. The Morgan fingerprint density at radius 1 is 1.37 bits per heavy atom. The number of methoxy groups -OCH3 is 1. The molecule has 19 heavy (non-hydrogen) atoms. The molecule has 0 spiro atoms. The van der Waals surface area contributed by atoms with Crippen LogP contribution >= 0.6 is 0 Å². The molecule has 0 aromatic heterocycles. The van der Waals surface area contributed by atoms with Crippen molar-refractivity contribution in [2.75, 3.05) is 26.8 Å². The zero-order valence-corrected chi connectivity index (χ0v) is 10.9. The van der Waals surface area contributed by atoms with Gasteiger partial charge in [-0.15, -0.1) is 0 Å². The molecule has 0 atom stereocenters. The lowest BCUT2D eigenvalue weighted by Gasteiger charge is -2.07. The van der Waals surface area contributed by atoms with E-state index in [1.54, 1.807) is 7.11 Å². The second-order valence-electron chi connectivity index (χ2n) is 4.09. The van der Waals surface area contributed by atoms with E-state index in [1.807, 2.05) is 0 Å². The number of rotatable bonds is 8. The number of hydrogen-bond donors (Lipinski definition) is 3. The van der Waals surface area contributed by atoms with Gasteiger partial charge in [-0.2, -0.15) is 0 Å². The molecule has 0 bridgehead atoms. The number of carbonyl (C=O) groups excluding carboxylic acids is 1. The third-order valence-corrected chi connectivity index (χ3v) is 2.43. The molecule has 0 saturated carbocycles. The summed E-state index contributed by atoms with van der Waals surface area (Å²) >= 11 is 0. The molecule has 106 valence electrons. The highest BCUT2D eigenvalue weighted by atomic mass is 19.1. The molecule has 0 heterocycles. The van der Waals surface area contributed by atoms with Gasteiger partial charge in [0.05, 0.1) is 6.61 Å². The van der Waals surface area contributed by atoms with Crippen LogP contribution in [0.15, 0.2) is 18.2 Å². The summed E-state index contributed by atoms with van der Waals surface area (Å²) in [5.41, 5.74) is 0.636. The van der Waals surface area contributed by atoms with E-state index in [0.29, 0.717) is 38.2 Å². The van der Waals surface area contributed by atoms with Crippen molar-refractivity contribution in [2.24, 2.45) is 0 Å². The highest BCUT2D eigenvalue weighted by molar-refractivity contribution is 5.76. The van der Waals surface area contributed by atoms with Crippen LogP contribution in [0.2, 0.25) is 0 Å². The second kappa shape index (κ2) is 8.44. The molecular weight excluding hydrogens is 251 g/mol. The van der Waals surface area contributed by atoms with E-state index in [4.69, 9.17) is 4.74 Å². The predicted molar refractivity (Wildman–Crippen MR) is 69.3 cm³/mol. The van der Waals surface area contributed by atoms with E-state index in [0.717, 1.165) is 6.07 Å². The van der Waals surface area contributed by atoms with E-state index < -0.39 is 5.82 Å². The minimum absolute atomic E-state index is 0.0633. The van der Waals surface area contributed by atoms with Crippen LogP contribution in [0.1, 0.15) is 12.0 Å². The van der Waals surface area contributed by atoms with E-state index in [1.165, 1.54) is 12.1 Å². The first kappa shape index (κ1) is 15.4. The Hall–Kier alpha value is -1.66. The maximum atomic E-state index is 13.0. The lowest BCUT2D eigenvalue weighted by molar-refractivity contribution is -0.121. The predicted octanol–water partition coefficient (Wildman–Crippen LogP) is 0.774. The minimum atomic E-state index is -0.478. The van der Waals surface area contributed by atoms with Crippen LogP contribution in [-0.2, 0) is 16.1 Å². The number of hydrogen-bond acceptors (Lipinski definition) is 4. The van der Waals surface area contributed by atoms with Gasteiger partial charge in [-0.25, -0.2) is 4.39 Å². The van der Waals surface area contributed by atoms with E-state index in [2.05, 4.69) is 10.6 Å².